The van der Waals surface area contributed by atoms with Gasteiger partial charge in [0.1, 0.15) is 0 Å². The molecule has 0 amide bonds. The molecule has 32 heavy (non-hydrogen) atoms. The van der Waals surface area contributed by atoms with Gasteiger partial charge in [0.2, 0.25) is 0 Å². The predicted octanol–water partition coefficient (Wildman–Crippen LogP) is 10.0. The first-order chi connectivity index (χ1) is 15.8. The summed E-state index contributed by atoms with van der Waals surface area (Å²) in [6, 6.07) is 0. The summed E-state index contributed by atoms with van der Waals surface area (Å²) in [4.78, 5) is 11.8. The topological polar surface area (TPSA) is 26.3 Å². The number of hydrogen-bond donors (Lipinski definition) is 0. The fourth-order valence-corrected chi connectivity index (χ4v) is 3.74. The van der Waals surface area contributed by atoms with E-state index in [1.807, 2.05) is 0 Å². The first kappa shape index (κ1) is 30.7. The van der Waals surface area contributed by atoms with Crippen LogP contribution >= 0.6 is 0 Å². The lowest BCUT2D eigenvalue weighted by molar-refractivity contribution is -0.143. The molecule has 0 fully saturated rings. The second-order valence-corrected chi connectivity index (χ2v) is 9.00. The van der Waals surface area contributed by atoms with Crippen molar-refractivity contribution in [3.05, 3.63) is 36.5 Å². The molecule has 0 aromatic rings. The van der Waals surface area contributed by atoms with Crippen molar-refractivity contribution in [3.8, 4) is 0 Å². The van der Waals surface area contributed by atoms with Crippen molar-refractivity contribution in [3.63, 3.8) is 0 Å². The minimum absolute atomic E-state index is 0.00194. The minimum Gasteiger partial charge on any atom is -0.466 e. The summed E-state index contributed by atoms with van der Waals surface area (Å²) in [5.74, 6) is 0.00194. The monoisotopic (exact) mass is 446 g/mol. The Labute approximate surface area is 201 Å². The van der Waals surface area contributed by atoms with Crippen molar-refractivity contribution in [1.82, 2.24) is 0 Å². The maximum absolute atomic E-state index is 11.8. The summed E-state index contributed by atoms with van der Waals surface area (Å²) in [5.41, 5.74) is 0. The molecule has 0 rings (SSSR count). The van der Waals surface area contributed by atoms with Crippen LogP contribution in [0.3, 0.4) is 0 Å². The Kier molecular flexibility index (Phi) is 26.6. The molecule has 0 spiro atoms. The molecule has 0 aliphatic carbocycles. The van der Waals surface area contributed by atoms with E-state index < -0.39 is 0 Å². The van der Waals surface area contributed by atoms with Gasteiger partial charge in [-0.15, -0.1) is 0 Å². The molecule has 0 aliphatic rings. The third-order valence-corrected chi connectivity index (χ3v) is 5.79. The second-order valence-electron chi connectivity index (χ2n) is 9.00. The number of rotatable bonds is 24. The highest BCUT2D eigenvalue weighted by atomic mass is 16.5. The Morgan fingerprint density at radius 3 is 1.69 bits per heavy atom. The van der Waals surface area contributed by atoms with Gasteiger partial charge in [-0.05, 0) is 44.9 Å². The standard InChI is InChI=1S/C30H54O2/c1-3-5-7-9-11-13-15-16-17-18-19-20-22-24-26-28-30(31)32-29-27-25-23-21-14-12-10-8-6-4-2/h5,7,11,13,16-17H,3-4,6,8-10,12,14-15,18-29H2,1-2H3/b7-5-,13-11-,17-16-. The van der Waals surface area contributed by atoms with Gasteiger partial charge in [-0.1, -0.05) is 127 Å². The smallest absolute Gasteiger partial charge is 0.305 e. The van der Waals surface area contributed by atoms with Crippen LogP contribution in [0, 0.1) is 0 Å². The van der Waals surface area contributed by atoms with Crippen LogP contribution in [0.25, 0.3) is 0 Å². The predicted molar refractivity (Wildman–Crippen MR) is 142 cm³/mol. The van der Waals surface area contributed by atoms with Gasteiger partial charge in [0.25, 0.3) is 0 Å². The molecule has 0 heterocycles. The number of carbonyl (C=O) groups is 1. The van der Waals surface area contributed by atoms with Gasteiger partial charge in [-0.25, -0.2) is 0 Å². The number of hydrogen-bond acceptors (Lipinski definition) is 2. The highest BCUT2D eigenvalue weighted by molar-refractivity contribution is 5.69. The van der Waals surface area contributed by atoms with Crippen LogP contribution in [0.2, 0.25) is 0 Å². The van der Waals surface area contributed by atoms with E-state index in [1.165, 1.54) is 83.5 Å². The Morgan fingerprint density at radius 2 is 1.06 bits per heavy atom. The number of esters is 1. The van der Waals surface area contributed by atoms with Gasteiger partial charge >= 0.3 is 5.97 Å². The lowest BCUT2D eigenvalue weighted by Crippen LogP contribution is -2.05. The zero-order valence-corrected chi connectivity index (χ0v) is 21.6. The van der Waals surface area contributed by atoms with Crippen LogP contribution in [-0.4, -0.2) is 12.6 Å². The van der Waals surface area contributed by atoms with E-state index in [0.717, 1.165) is 38.5 Å². The number of allylic oxidation sites excluding steroid dienone is 6. The molecular formula is C30H54O2. The van der Waals surface area contributed by atoms with Gasteiger partial charge in [-0.2, -0.15) is 0 Å². The van der Waals surface area contributed by atoms with Crippen LogP contribution < -0.4 is 0 Å². The first-order valence-corrected chi connectivity index (χ1v) is 13.9. The minimum atomic E-state index is 0.00194. The molecule has 2 nitrogen and oxygen atoms in total. The van der Waals surface area contributed by atoms with Crippen LogP contribution in [0.5, 0.6) is 0 Å². The number of unbranched alkanes of at least 4 members (excludes halogenated alkanes) is 14. The summed E-state index contributed by atoms with van der Waals surface area (Å²) in [6.07, 6.45) is 37.4. The highest BCUT2D eigenvalue weighted by Gasteiger charge is 2.02. The summed E-state index contributed by atoms with van der Waals surface area (Å²) >= 11 is 0. The molecule has 0 aromatic carbocycles. The van der Waals surface area contributed by atoms with Gasteiger partial charge in [0, 0.05) is 6.42 Å². The maximum atomic E-state index is 11.8. The van der Waals surface area contributed by atoms with Crippen molar-refractivity contribution >= 4 is 5.97 Å². The van der Waals surface area contributed by atoms with E-state index in [2.05, 4.69) is 50.3 Å². The molecular weight excluding hydrogens is 392 g/mol. The average molecular weight is 447 g/mol. The van der Waals surface area contributed by atoms with Gasteiger partial charge in [0.05, 0.1) is 6.61 Å². The number of ether oxygens (including phenoxy) is 1. The SMILES string of the molecule is CC/C=C\C/C=C\C/C=C\CCCCCCCC(=O)OCCCCCCCCCCCC. The van der Waals surface area contributed by atoms with Crippen LogP contribution in [0.4, 0.5) is 0 Å². The zero-order valence-electron chi connectivity index (χ0n) is 21.6. The highest BCUT2D eigenvalue weighted by Crippen LogP contribution is 2.11. The summed E-state index contributed by atoms with van der Waals surface area (Å²) < 4.78 is 5.38. The molecule has 2 heteroatoms. The summed E-state index contributed by atoms with van der Waals surface area (Å²) in [7, 11) is 0. The largest absolute Gasteiger partial charge is 0.466 e. The third-order valence-electron chi connectivity index (χ3n) is 5.79. The fourth-order valence-electron chi connectivity index (χ4n) is 3.74. The van der Waals surface area contributed by atoms with E-state index in [-0.39, 0.29) is 5.97 Å². The maximum Gasteiger partial charge on any atom is 0.305 e. The molecule has 0 saturated heterocycles. The van der Waals surface area contributed by atoms with Gasteiger partial charge in [0.15, 0.2) is 0 Å². The van der Waals surface area contributed by atoms with E-state index in [1.54, 1.807) is 0 Å². The second kappa shape index (κ2) is 27.7. The third kappa shape index (κ3) is 26.7. The van der Waals surface area contributed by atoms with Gasteiger partial charge in [-0.3, -0.25) is 4.79 Å². The van der Waals surface area contributed by atoms with Crippen LogP contribution in [0.1, 0.15) is 142 Å². The van der Waals surface area contributed by atoms with Crippen molar-refractivity contribution in [2.75, 3.05) is 6.61 Å². The zero-order chi connectivity index (χ0) is 23.4. The molecule has 0 saturated carbocycles. The molecule has 0 N–H and O–H groups in total. The van der Waals surface area contributed by atoms with Gasteiger partial charge < -0.3 is 4.74 Å². The molecule has 0 unspecified atom stereocenters. The van der Waals surface area contributed by atoms with Crippen molar-refractivity contribution < 1.29 is 9.53 Å². The quantitative estimate of drug-likeness (QED) is 0.0837. The Bertz CT molecular complexity index is 461. The normalized spacial score (nSPS) is 11.9. The molecule has 186 valence electrons. The molecule has 0 radical (unpaired) electrons. The van der Waals surface area contributed by atoms with E-state index in [9.17, 15) is 4.79 Å². The van der Waals surface area contributed by atoms with E-state index in [4.69, 9.17) is 4.74 Å². The molecule has 0 aromatic heterocycles. The lowest BCUT2D eigenvalue weighted by Gasteiger charge is -2.05. The van der Waals surface area contributed by atoms with Crippen molar-refractivity contribution in [2.24, 2.45) is 0 Å². The fraction of sp³-hybridized carbons (Fsp3) is 0.767. The lowest BCUT2D eigenvalue weighted by atomic mass is 10.1. The molecule has 0 atom stereocenters. The molecule has 0 bridgehead atoms. The van der Waals surface area contributed by atoms with E-state index in [0.29, 0.717) is 13.0 Å². The molecule has 0 aliphatic heterocycles. The van der Waals surface area contributed by atoms with E-state index >= 15 is 0 Å². The first-order valence-electron chi connectivity index (χ1n) is 13.9. The number of carbonyl (C=O) groups excluding carboxylic acids is 1. The average Bonchev–Trinajstić information content (AvgIpc) is 2.80. The summed E-state index contributed by atoms with van der Waals surface area (Å²) in [6.45, 7) is 5.05. The Hall–Kier alpha value is -1.31. The summed E-state index contributed by atoms with van der Waals surface area (Å²) in [5, 5.41) is 0. The van der Waals surface area contributed by atoms with Crippen LogP contribution in [0.15, 0.2) is 36.5 Å². The Morgan fingerprint density at radius 1 is 0.562 bits per heavy atom. The van der Waals surface area contributed by atoms with Crippen molar-refractivity contribution in [1.29, 1.82) is 0 Å². The Balaban J connectivity index is 3.26. The van der Waals surface area contributed by atoms with Crippen LogP contribution in [-0.2, 0) is 9.53 Å². The van der Waals surface area contributed by atoms with Crippen molar-refractivity contribution in [2.45, 2.75) is 142 Å².